The lowest BCUT2D eigenvalue weighted by Gasteiger charge is -2.61. The first-order valence-corrected chi connectivity index (χ1v) is 20.5. The summed E-state index contributed by atoms with van der Waals surface area (Å²) in [5.41, 5.74) is -3.75. The summed E-state index contributed by atoms with van der Waals surface area (Å²) in [7, 11) is 0. The SMILES string of the molecule is C=CC/C=C\C=C/[C@H]1O[C@H]2C[C@H]3O[C@H]4CC[C@H]5O[C@H]6C[C@@]7(C)O[C@@]8(C)[C@@H](O)C[C@H](CCC)O[C@@H]8C[C@@H]7O[C@@H]6C[C@@H]5O[C@]4(C)C[C@]3(C)O[C@@H]2C=C[C@]1(C)O. The fourth-order valence-electron chi connectivity index (χ4n) is 11.1. The average molecular weight is 741 g/mol. The van der Waals surface area contributed by atoms with Crippen molar-refractivity contribution in [3.8, 4) is 0 Å². The normalized spacial score (nSPS) is 55.0. The Labute approximate surface area is 316 Å². The second-order valence-electron chi connectivity index (χ2n) is 18.4. The number of hydrogen-bond acceptors (Lipinski definition) is 10. The molecule has 8 aliphatic rings. The zero-order valence-corrected chi connectivity index (χ0v) is 32.7. The summed E-state index contributed by atoms with van der Waals surface area (Å²) >= 11 is 0. The van der Waals surface area contributed by atoms with Crippen molar-refractivity contribution < 1.29 is 48.1 Å². The van der Waals surface area contributed by atoms with Gasteiger partial charge in [-0.1, -0.05) is 55.9 Å². The molecule has 0 spiro atoms. The van der Waals surface area contributed by atoms with Crippen molar-refractivity contribution in [2.75, 3.05) is 0 Å². The minimum atomic E-state index is -1.19. The van der Waals surface area contributed by atoms with Crippen molar-refractivity contribution in [2.45, 2.75) is 220 Å². The van der Waals surface area contributed by atoms with Crippen molar-refractivity contribution in [2.24, 2.45) is 0 Å². The van der Waals surface area contributed by atoms with Crippen LogP contribution in [0.3, 0.4) is 0 Å². The van der Waals surface area contributed by atoms with E-state index in [1.807, 2.05) is 49.5 Å². The van der Waals surface area contributed by atoms with Crippen LogP contribution in [0, 0.1) is 0 Å². The van der Waals surface area contributed by atoms with Crippen molar-refractivity contribution in [1.82, 2.24) is 0 Å². The lowest BCUT2D eigenvalue weighted by Crippen LogP contribution is -2.72. The highest BCUT2D eigenvalue weighted by atomic mass is 16.6. The van der Waals surface area contributed by atoms with Crippen LogP contribution in [-0.4, -0.2) is 118 Å². The third kappa shape index (κ3) is 6.99. The molecular formula is C43H64O10. The predicted molar refractivity (Wildman–Crippen MR) is 198 cm³/mol. The van der Waals surface area contributed by atoms with Gasteiger partial charge in [0.05, 0.1) is 83.9 Å². The van der Waals surface area contributed by atoms with Crippen LogP contribution in [0.4, 0.5) is 0 Å². The van der Waals surface area contributed by atoms with Gasteiger partial charge in [-0.2, -0.15) is 0 Å². The molecule has 2 N–H and O–H groups in total. The number of aliphatic hydroxyl groups is 2. The van der Waals surface area contributed by atoms with Gasteiger partial charge in [-0.05, 0) is 60.3 Å². The first-order valence-electron chi connectivity index (χ1n) is 20.5. The molecule has 0 aromatic heterocycles. The molecule has 18 atom stereocenters. The minimum absolute atomic E-state index is 0.0394. The fourth-order valence-corrected chi connectivity index (χ4v) is 11.1. The molecule has 8 aliphatic heterocycles. The van der Waals surface area contributed by atoms with Gasteiger partial charge in [0, 0.05) is 38.5 Å². The molecule has 0 aromatic carbocycles. The molecule has 296 valence electrons. The second-order valence-corrected chi connectivity index (χ2v) is 18.4. The van der Waals surface area contributed by atoms with Crippen molar-refractivity contribution in [1.29, 1.82) is 0 Å². The Balaban J connectivity index is 0.956. The molecule has 0 aromatic rings. The zero-order chi connectivity index (χ0) is 37.4. The fraction of sp³-hybridized carbons (Fsp3) is 0.814. The van der Waals surface area contributed by atoms with Gasteiger partial charge in [0.1, 0.15) is 23.4 Å². The Hall–Kier alpha value is -1.44. The Morgan fingerprint density at radius 3 is 2.34 bits per heavy atom. The molecule has 0 bridgehead atoms. The van der Waals surface area contributed by atoms with Crippen LogP contribution < -0.4 is 0 Å². The third-order valence-corrected chi connectivity index (χ3v) is 14.0. The topological polar surface area (TPSA) is 114 Å². The Bertz CT molecular complexity index is 1450. The maximum Gasteiger partial charge on any atom is 0.118 e. The van der Waals surface area contributed by atoms with Gasteiger partial charge < -0.3 is 48.1 Å². The first kappa shape index (κ1) is 38.4. The maximum absolute atomic E-state index is 11.3. The molecule has 0 radical (unpaired) electrons. The number of allylic oxidation sites excluding steroid dienone is 4. The number of fused-ring (bicyclic) bond motifs is 7. The summed E-state index contributed by atoms with van der Waals surface area (Å²) < 4.78 is 55.0. The predicted octanol–water partition coefficient (Wildman–Crippen LogP) is 5.96. The Morgan fingerprint density at radius 2 is 1.55 bits per heavy atom. The number of rotatable bonds is 6. The molecule has 0 unspecified atom stereocenters. The van der Waals surface area contributed by atoms with Gasteiger partial charge in [0.2, 0.25) is 0 Å². The molecule has 53 heavy (non-hydrogen) atoms. The molecular weight excluding hydrogens is 676 g/mol. The largest absolute Gasteiger partial charge is 0.390 e. The van der Waals surface area contributed by atoms with E-state index in [-0.39, 0.29) is 67.1 Å². The van der Waals surface area contributed by atoms with E-state index in [1.54, 1.807) is 6.92 Å². The molecule has 10 nitrogen and oxygen atoms in total. The molecule has 7 fully saturated rings. The second kappa shape index (κ2) is 14.2. The van der Waals surface area contributed by atoms with Crippen LogP contribution in [0.1, 0.15) is 112 Å². The van der Waals surface area contributed by atoms with E-state index in [2.05, 4.69) is 34.3 Å². The summed E-state index contributed by atoms with van der Waals surface area (Å²) in [6.07, 6.45) is 19.0. The molecule has 8 rings (SSSR count). The first-order chi connectivity index (χ1) is 25.2. The molecule has 8 heterocycles. The molecule has 7 saturated heterocycles. The van der Waals surface area contributed by atoms with Crippen LogP contribution in [0.15, 0.2) is 49.1 Å². The minimum Gasteiger partial charge on any atom is -0.390 e. The average Bonchev–Trinajstić information content (AvgIpc) is 3.29. The number of hydrogen-bond donors (Lipinski definition) is 2. The van der Waals surface area contributed by atoms with Crippen molar-refractivity contribution in [3.63, 3.8) is 0 Å². The summed E-state index contributed by atoms with van der Waals surface area (Å²) in [4.78, 5) is 0. The van der Waals surface area contributed by atoms with E-state index in [9.17, 15) is 10.2 Å². The lowest BCUT2D eigenvalue weighted by molar-refractivity contribution is -0.369. The molecule has 0 aliphatic carbocycles. The van der Waals surface area contributed by atoms with E-state index in [1.165, 1.54) is 0 Å². The zero-order valence-electron chi connectivity index (χ0n) is 32.7. The van der Waals surface area contributed by atoms with Crippen LogP contribution in [0.5, 0.6) is 0 Å². The van der Waals surface area contributed by atoms with Gasteiger partial charge in [0.15, 0.2) is 0 Å². The Kier molecular flexibility index (Phi) is 10.3. The van der Waals surface area contributed by atoms with Crippen LogP contribution in [0.2, 0.25) is 0 Å². The summed E-state index contributed by atoms with van der Waals surface area (Å²) in [6.45, 7) is 16.2. The van der Waals surface area contributed by atoms with Gasteiger partial charge in [-0.3, -0.25) is 0 Å². The summed E-state index contributed by atoms with van der Waals surface area (Å²) in [5, 5.41) is 22.7. The number of aliphatic hydroxyl groups excluding tert-OH is 1. The van der Waals surface area contributed by atoms with E-state index in [0.29, 0.717) is 32.1 Å². The summed E-state index contributed by atoms with van der Waals surface area (Å²) in [5.74, 6) is 0. The molecule has 10 heteroatoms. The molecule has 0 amide bonds. The highest BCUT2D eigenvalue weighted by Crippen LogP contribution is 2.54. The highest BCUT2D eigenvalue weighted by molar-refractivity contribution is 5.20. The van der Waals surface area contributed by atoms with Gasteiger partial charge in [0.25, 0.3) is 0 Å². The van der Waals surface area contributed by atoms with Crippen molar-refractivity contribution >= 4 is 0 Å². The Morgan fingerprint density at radius 1 is 0.755 bits per heavy atom. The van der Waals surface area contributed by atoms with E-state index < -0.39 is 40.2 Å². The molecule has 0 saturated carbocycles. The van der Waals surface area contributed by atoms with Gasteiger partial charge in [-0.15, -0.1) is 6.58 Å². The van der Waals surface area contributed by atoms with Crippen LogP contribution >= 0.6 is 0 Å². The maximum atomic E-state index is 11.3. The third-order valence-electron chi connectivity index (χ3n) is 14.0. The van der Waals surface area contributed by atoms with E-state index in [0.717, 1.165) is 38.5 Å². The van der Waals surface area contributed by atoms with Crippen LogP contribution in [0.25, 0.3) is 0 Å². The monoisotopic (exact) mass is 740 g/mol. The highest BCUT2D eigenvalue weighted by Gasteiger charge is 2.64. The van der Waals surface area contributed by atoms with Crippen LogP contribution in [-0.2, 0) is 37.9 Å². The number of ether oxygens (including phenoxy) is 8. The smallest absolute Gasteiger partial charge is 0.118 e. The van der Waals surface area contributed by atoms with Gasteiger partial charge in [-0.25, -0.2) is 0 Å². The van der Waals surface area contributed by atoms with E-state index in [4.69, 9.17) is 37.9 Å². The standard InChI is InChI=1S/C43H64O10/c1-8-10-11-12-13-15-34-39(3,45)19-18-28-30(48-34)22-36-42(6,51-28)25-41(5)35(50-36)17-16-27-31(52-41)21-29-32(47-27)24-40(4)37(49-29)23-38-43(7,53-40)33(44)20-26(46-38)14-9-2/h8,11-13,15,18-19,26-38,44-45H,1,9-10,14,16-17,20-25H2,2-7H3/b12-11-,15-13-/t26-,27+,28+,29+,30-,31-,32-,33-,34+,35-,36+,37-,38+,39-,40+,41+,42-,43-/m0/s1. The quantitative estimate of drug-likeness (QED) is 0.250. The van der Waals surface area contributed by atoms with Crippen molar-refractivity contribution in [3.05, 3.63) is 49.1 Å². The summed E-state index contributed by atoms with van der Waals surface area (Å²) in [6, 6.07) is 0. The van der Waals surface area contributed by atoms with Gasteiger partial charge >= 0.3 is 0 Å². The van der Waals surface area contributed by atoms with E-state index >= 15 is 0 Å². The lowest BCUT2D eigenvalue weighted by atomic mass is 9.72.